The van der Waals surface area contributed by atoms with Crippen molar-refractivity contribution in [3.8, 4) is 0 Å². The maximum absolute atomic E-state index is 14.3. The van der Waals surface area contributed by atoms with Crippen molar-refractivity contribution in [1.82, 2.24) is 5.32 Å². The summed E-state index contributed by atoms with van der Waals surface area (Å²) in [5.74, 6) is -0.705. The summed E-state index contributed by atoms with van der Waals surface area (Å²) in [6, 6.07) is 3.43. The molecule has 2 N–H and O–H groups in total. The molecule has 0 fully saturated rings. The molecule has 1 aliphatic rings. The van der Waals surface area contributed by atoms with Gasteiger partial charge in [-0.05, 0) is 30.2 Å². The molecular formula is C14H20ClFN2O3. The van der Waals surface area contributed by atoms with Crippen molar-refractivity contribution in [2.24, 2.45) is 0 Å². The number of carbonyl (C=O) groups excluding carboxylic acids is 1. The van der Waals surface area contributed by atoms with Gasteiger partial charge in [-0.3, -0.25) is 4.79 Å². The van der Waals surface area contributed by atoms with Gasteiger partial charge < -0.3 is 20.1 Å². The number of nitrogens with one attached hydrogen (secondary N) is 2. The van der Waals surface area contributed by atoms with Crippen molar-refractivity contribution in [2.45, 2.75) is 13.0 Å². The Morgan fingerprint density at radius 3 is 3.00 bits per heavy atom. The van der Waals surface area contributed by atoms with Crippen molar-refractivity contribution in [2.75, 3.05) is 38.8 Å². The molecular weight excluding hydrogens is 299 g/mol. The lowest BCUT2D eigenvalue weighted by Gasteiger charge is -2.19. The van der Waals surface area contributed by atoms with Crippen LogP contribution in [0.5, 0.6) is 0 Å². The number of benzene rings is 1. The van der Waals surface area contributed by atoms with Gasteiger partial charge >= 0.3 is 0 Å². The van der Waals surface area contributed by atoms with E-state index in [0.717, 1.165) is 12.1 Å². The first-order chi connectivity index (χ1) is 9.72. The largest absolute Gasteiger partial charge is 0.382 e. The zero-order chi connectivity index (χ0) is 14.4. The monoisotopic (exact) mass is 318 g/mol. The van der Waals surface area contributed by atoms with Gasteiger partial charge in [0, 0.05) is 13.7 Å². The number of rotatable bonds is 6. The van der Waals surface area contributed by atoms with E-state index in [-0.39, 0.29) is 36.4 Å². The minimum absolute atomic E-state index is 0. The number of amides is 1. The highest BCUT2D eigenvalue weighted by molar-refractivity contribution is 5.92. The Hall–Kier alpha value is -1.21. The van der Waals surface area contributed by atoms with Crippen molar-refractivity contribution in [3.05, 3.63) is 29.1 Å². The SMILES string of the molecule is COCCOCC(=O)Nc1ccc2c(c1F)CCNC2.Cl. The summed E-state index contributed by atoms with van der Waals surface area (Å²) in [6.07, 6.45) is 0.634. The average molecular weight is 319 g/mol. The molecule has 5 nitrogen and oxygen atoms in total. The summed E-state index contributed by atoms with van der Waals surface area (Å²) >= 11 is 0. The second-order valence-corrected chi connectivity index (χ2v) is 4.59. The summed E-state index contributed by atoms with van der Waals surface area (Å²) in [5.41, 5.74) is 1.84. The van der Waals surface area contributed by atoms with E-state index in [2.05, 4.69) is 10.6 Å². The third-order valence-electron chi connectivity index (χ3n) is 3.15. The fraction of sp³-hybridized carbons (Fsp3) is 0.500. The van der Waals surface area contributed by atoms with Gasteiger partial charge in [0.15, 0.2) is 0 Å². The highest BCUT2D eigenvalue weighted by Crippen LogP contribution is 2.24. The van der Waals surface area contributed by atoms with Gasteiger partial charge in [-0.25, -0.2) is 4.39 Å². The lowest BCUT2D eigenvalue weighted by atomic mass is 9.99. The second-order valence-electron chi connectivity index (χ2n) is 4.59. The average Bonchev–Trinajstić information content (AvgIpc) is 2.47. The van der Waals surface area contributed by atoms with Crippen molar-refractivity contribution in [1.29, 1.82) is 0 Å². The van der Waals surface area contributed by atoms with Crippen molar-refractivity contribution >= 4 is 24.0 Å². The summed E-state index contributed by atoms with van der Waals surface area (Å²) in [7, 11) is 1.56. The van der Waals surface area contributed by atoms with E-state index >= 15 is 0 Å². The standard InChI is InChI=1S/C14H19FN2O3.ClH/c1-19-6-7-20-9-13(18)17-12-3-2-10-8-16-5-4-11(10)14(12)15;/h2-3,16H,4-9H2,1H3,(H,17,18);1H. The van der Waals surface area contributed by atoms with E-state index in [1.807, 2.05) is 6.07 Å². The van der Waals surface area contributed by atoms with Crippen LogP contribution >= 0.6 is 12.4 Å². The molecule has 0 bridgehead atoms. The van der Waals surface area contributed by atoms with Crippen molar-refractivity contribution < 1.29 is 18.7 Å². The van der Waals surface area contributed by atoms with Crippen LogP contribution in [0.2, 0.25) is 0 Å². The number of ether oxygens (including phenoxy) is 2. The van der Waals surface area contributed by atoms with Crippen LogP contribution in [0.1, 0.15) is 11.1 Å². The number of hydrogen-bond acceptors (Lipinski definition) is 4. The number of methoxy groups -OCH3 is 1. The maximum atomic E-state index is 14.3. The topological polar surface area (TPSA) is 59.6 Å². The molecule has 118 valence electrons. The van der Waals surface area contributed by atoms with E-state index < -0.39 is 0 Å². The zero-order valence-corrected chi connectivity index (χ0v) is 12.7. The zero-order valence-electron chi connectivity index (χ0n) is 11.9. The molecule has 0 aliphatic carbocycles. The highest BCUT2D eigenvalue weighted by Gasteiger charge is 2.17. The summed E-state index contributed by atoms with van der Waals surface area (Å²) in [6.45, 7) is 2.07. The molecule has 1 amide bonds. The summed E-state index contributed by atoms with van der Waals surface area (Å²) in [4.78, 5) is 11.6. The molecule has 7 heteroatoms. The van der Waals surface area contributed by atoms with Crippen LogP contribution < -0.4 is 10.6 Å². The molecule has 1 aromatic carbocycles. The molecule has 0 aromatic heterocycles. The Morgan fingerprint density at radius 1 is 1.43 bits per heavy atom. The molecule has 0 saturated carbocycles. The maximum Gasteiger partial charge on any atom is 0.250 e. The van der Waals surface area contributed by atoms with Crippen LogP contribution in [0.15, 0.2) is 12.1 Å². The van der Waals surface area contributed by atoms with Gasteiger partial charge in [0.2, 0.25) is 5.91 Å². The minimum atomic E-state index is -0.367. The molecule has 0 radical (unpaired) electrons. The fourth-order valence-electron chi connectivity index (χ4n) is 2.12. The molecule has 21 heavy (non-hydrogen) atoms. The normalized spacial score (nSPS) is 13.2. The Morgan fingerprint density at radius 2 is 2.24 bits per heavy atom. The number of hydrogen-bond donors (Lipinski definition) is 2. The first-order valence-electron chi connectivity index (χ1n) is 6.60. The minimum Gasteiger partial charge on any atom is -0.382 e. The molecule has 0 spiro atoms. The number of anilines is 1. The van der Waals surface area contributed by atoms with Crippen LogP contribution in [0.4, 0.5) is 10.1 Å². The van der Waals surface area contributed by atoms with E-state index in [0.29, 0.717) is 31.7 Å². The van der Waals surface area contributed by atoms with Gasteiger partial charge in [-0.1, -0.05) is 6.07 Å². The Labute approximate surface area is 129 Å². The van der Waals surface area contributed by atoms with E-state index in [4.69, 9.17) is 9.47 Å². The van der Waals surface area contributed by atoms with Crippen LogP contribution in [0.25, 0.3) is 0 Å². The van der Waals surface area contributed by atoms with Gasteiger partial charge in [0.1, 0.15) is 12.4 Å². The predicted octanol–water partition coefficient (Wildman–Crippen LogP) is 1.49. The third kappa shape index (κ3) is 4.93. The van der Waals surface area contributed by atoms with Crippen LogP contribution in [-0.4, -0.2) is 39.4 Å². The van der Waals surface area contributed by atoms with Crippen LogP contribution in [0, 0.1) is 5.82 Å². The van der Waals surface area contributed by atoms with E-state index in [1.165, 1.54) is 0 Å². The molecule has 0 atom stereocenters. The van der Waals surface area contributed by atoms with Gasteiger partial charge in [0.05, 0.1) is 18.9 Å². The molecule has 0 saturated heterocycles. The quantitative estimate of drug-likeness (QED) is 0.780. The molecule has 1 heterocycles. The molecule has 1 aliphatic heterocycles. The molecule has 1 aromatic rings. The Bertz CT molecular complexity index is 486. The van der Waals surface area contributed by atoms with Gasteiger partial charge in [0.25, 0.3) is 0 Å². The highest BCUT2D eigenvalue weighted by atomic mass is 35.5. The Kier molecular flexibility index (Phi) is 7.60. The summed E-state index contributed by atoms with van der Waals surface area (Å²) < 4.78 is 24.1. The lowest BCUT2D eigenvalue weighted by molar-refractivity contribution is -0.121. The van der Waals surface area contributed by atoms with Crippen molar-refractivity contribution in [3.63, 3.8) is 0 Å². The van der Waals surface area contributed by atoms with Gasteiger partial charge in [-0.15, -0.1) is 12.4 Å². The van der Waals surface area contributed by atoms with Gasteiger partial charge in [-0.2, -0.15) is 0 Å². The molecule has 0 unspecified atom stereocenters. The number of carbonyl (C=O) groups is 1. The molecule has 2 rings (SSSR count). The Balaban J connectivity index is 0.00000220. The summed E-state index contributed by atoms with van der Waals surface area (Å²) in [5, 5.41) is 5.72. The van der Waals surface area contributed by atoms with E-state index in [1.54, 1.807) is 13.2 Å². The number of fused-ring (bicyclic) bond motifs is 1. The van der Waals surface area contributed by atoms with Crippen LogP contribution in [0.3, 0.4) is 0 Å². The smallest absolute Gasteiger partial charge is 0.250 e. The first-order valence-corrected chi connectivity index (χ1v) is 6.60. The second kappa shape index (κ2) is 8.94. The predicted molar refractivity (Wildman–Crippen MR) is 80.4 cm³/mol. The number of halogens is 2. The lowest BCUT2D eigenvalue weighted by Crippen LogP contribution is -2.26. The van der Waals surface area contributed by atoms with Crippen LogP contribution in [-0.2, 0) is 27.2 Å². The van der Waals surface area contributed by atoms with E-state index in [9.17, 15) is 9.18 Å². The fourth-order valence-corrected chi connectivity index (χ4v) is 2.12. The first kappa shape index (κ1) is 17.8. The third-order valence-corrected chi connectivity index (χ3v) is 3.15.